The van der Waals surface area contributed by atoms with Crippen molar-refractivity contribution in [3.05, 3.63) is 33.9 Å². The van der Waals surface area contributed by atoms with Crippen molar-refractivity contribution >= 4 is 44.5 Å². The molecule has 2 heterocycles. The van der Waals surface area contributed by atoms with Gasteiger partial charge < -0.3 is 9.64 Å². The summed E-state index contributed by atoms with van der Waals surface area (Å²) < 4.78 is 6.20. The third kappa shape index (κ3) is 2.99. The van der Waals surface area contributed by atoms with Crippen molar-refractivity contribution in [3.8, 4) is 5.75 Å². The number of likely N-dealkylation sites (tertiary alicyclic amines) is 1. The normalized spacial score (nSPS) is 15.2. The van der Waals surface area contributed by atoms with E-state index in [-0.39, 0.29) is 6.09 Å². The molecule has 3 rings (SSSR count). The molecule has 21 heavy (non-hydrogen) atoms. The van der Waals surface area contributed by atoms with Gasteiger partial charge in [-0.25, -0.2) is 4.79 Å². The van der Waals surface area contributed by atoms with Crippen LogP contribution in [0.2, 0.25) is 5.02 Å². The first-order valence-corrected chi connectivity index (χ1v) is 8.03. The summed E-state index contributed by atoms with van der Waals surface area (Å²) in [5, 5.41) is 1.34. The van der Waals surface area contributed by atoms with Gasteiger partial charge in [0, 0.05) is 24.7 Å². The highest BCUT2D eigenvalue weighted by Gasteiger charge is 2.21. The van der Waals surface area contributed by atoms with Crippen molar-refractivity contribution < 1.29 is 9.53 Å². The predicted molar refractivity (Wildman–Crippen MR) is 85.9 cm³/mol. The second kappa shape index (κ2) is 6.20. The van der Waals surface area contributed by atoms with Crippen molar-refractivity contribution in [2.45, 2.75) is 19.3 Å². The van der Waals surface area contributed by atoms with Gasteiger partial charge in [-0.3, -0.25) is 4.98 Å². The van der Waals surface area contributed by atoms with Crippen LogP contribution in [0.15, 0.2) is 28.9 Å². The lowest BCUT2D eigenvalue weighted by Gasteiger charge is -2.26. The largest absolute Gasteiger partial charge is 0.415 e. The molecule has 1 amide bonds. The monoisotopic (exact) mass is 368 g/mol. The lowest BCUT2D eigenvalue weighted by Crippen LogP contribution is -2.37. The standard InChI is InChI=1S/C15H14BrClN2O2/c16-11-9-12(17)10-5-4-6-18-13(10)14(11)21-15(20)19-7-2-1-3-8-19/h4-6,9H,1-3,7-8H2. The van der Waals surface area contributed by atoms with Crippen molar-refractivity contribution in [3.63, 3.8) is 0 Å². The molecule has 0 atom stereocenters. The number of carbonyl (C=O) groups is 1. The van der Waals surface area contributed by atoms with Gasteiger partial charge in [0.15, 0.2) is 5.75 Å². The first kappa shape index (κ1) is 14.6. The van der Waals surface area contributed by atoms with E-state index in [0.717, 1.165) is 31.3 Å². The van der Waals surface area contributed by atoms with E-state index < -0.39 is 0 Å². The molecule has 1 saturated heterocycles. The molecular weight excluding hydrogens is 356 g/mol. The van der Waals surface area contributed by atoms with Crippen molar-refractivity contribution in [2.24, 2.45) is 0 Å². The molecule has 1 aromatic heterocycles. The Labute approximate surface area is 136 Å². The van der Waals surface area contributed by atoms with Crippen LogP contribution in [0.25, 0.3) is 10.9 Å². The Balaban J connectivity index is 1.94. The van der Waals surface area contributed by atoms with E-state index in [4.69, 9.17) is 16.3 Å². The quantitative estimate of drug-likeness (QED) is 0.735. The molecule has 0 saturated carbocycles. The molecule has 4 nitrogen and oxygen atoms in total. The van der Waals surface area contributed by atoms with E-state index in [1.807, 2.05) is 6.07 Å². The van der Waals surface area contributed by atoms with Gasteiger partial charge in [-0.2, -0.15) is 0 Å². The lowest BCUT2D eigenvalue weighted by molar-refractivity contribution is 0.143. The van der Waals surface area contributed by atoms with Crippen LogP contribution in [0.1, 0.15) is 19.3 Å². The topological polar surface area (TPSA) is 42.4 Å². The second-order valence-corrected chi connectivity index (χ2v) is 6.25. The average molecular weight is 370 g/mol. The maximum absolute atomic E-state index is 12.3. The predicted octanol–water partition coefficient (Wildman–Crippen LogP) is 4.64. The first-order chi connectivity index (χ1) is 10.2. The minimum absolute atomic E-state index is 0.329. The average Bonchev–Trinajstić information content (AvgIpc) is 2.52. The fourth-order valence-corrected chi connectivity index (χ4v) is 3.36. The van der Waals surface area contributed by atoms with E-state index in [2.05, 4.69) is 20.9 Å². The molecule has 0 unspecified atom stereocenters. The first-order valence-electron chi connectivity index (χ1n) is 6.86. The minimum Gasteiger partial charge on any atom is -0.407 e. The molecule has 0 aliphatic carbocycles. The van der Waals surface area contributed by atoms with Crippen molar-refractivity contribution in [1.82, 2.24) is 9.88 Å². The number of pyridine rings is 1. The molecule has 0 N–H and O–H groups in total. The van der Waals surface area contributed by atoms with Gasteiger partial charge in [0.25, 0.3) is 0 Å². The second-order valence-electron chi connectivity index (χ2n) is 4.98. The van der Waals surface area contributed by atoms with Gasteiger partial charge in [0.2, 0.25) is 0 Å². The number of piperidine rings is 1. The highest BCUT2D eigenvalue weighted by Crippen LogP contribution is 2.37. The number of aromatic nitrogens is 1. The van der Waals surface area contributed by atoms with Gasteiger partial charge in [0.1, 0.15) is 5.52 Å². The van der Waals surface area contributed by atoms with Crippen LogP contribution in [0.3, 0.4) is 0 Å². The summed E-state index contributed by atoms with van der Waals surface area (Å²) >= 11 is 9.60. The maximum atomic E-state index is 12.3. The number of hydrogen-bond acceptors (Lipinski definition) is 3. The smallest absolute Gasteiger partial charge is 0.407 e. The number of fused-ring (bicyclic) bond motifs is 1. The third-order valence-corrected chi connectivity index (χ3v) is 4.46. The zero-order valence-corrected chi connectivity index (χ0v) is 13.7. The number of ether oxygens (including phenoxy) is 1. The molecule has 6 heteroatoms. The molecule has 1 aromatic carbocycles. The zero-order chi connectivity index (χ0) is 14.8. The van der Waals surface area contributed by atoms with Crippen LogP contribution in [-0.2, 0) is 0 Å². The number of halogens is 2. The molecule has 1 aliphatic heterocycles. The number of hydrogen-bond donors (Lipinski definition) is 0. The van der Waals surface area contributed by atoms with E-state index in [9.17, 15) is 4.79 Å². The summed E-state index contributed by atoms with van der Waals surface area (Å²) in [6.07, 6.45) is 4.54. The summed E-state index contributed by atoms with van der Waals surface area (Å²) in [5.41, 5.74) is 0.585. The van der Waals surface area contributed by atoms with Crippen LogP contribution in [-0.4, -0.2) is 29.1 Å². The van der Waals surface area contributed by atoms with Crippen LogP contribution >= 0.6 is 27.5 Å². The molecule has 0 radical (unpaired) electrons. The Morgan fingerprint density at radius 3 is 2.86 bits per heavy atom. The number of nitrogens with zero attached hydrogens (tertiary/aromatic N) is 2. The number of rotatable bonds is 1. The zero-order valence-electron chi connectivity index (χ0n) is 11.3. The Morgan fingerprint density at radius 2 is 2.10 bits per heavy atom. The third-order valence-electron chi connectivity index (χ3n) is 3.55. The molecule has 2 aromatic rings. The summed E-state index contributed by atoms with van der Waals surface area (Å²) in [7, 11) is 0. The molecule has 0 spiro atoms. The van der Waals surface area contributed by atoms with Gasteiger partial charge in [-0.1, -0.05) is 11.6 Å². The Morgan fingerprint density at radius 1 is 1.33 bits per heavy atom. The highest BCUT2D eigenvalue weighted by atomic mass is 79.9. The van der Waals surface area contributed by atoms with Gasteiger partial charge >= 0.3 is 6.09 Å². The van der Waals surface area contributed by atoms with Crippen LogP contribution in [0, 0.1) is 0 Å². The molecule has 110 valence electrons. The van der Waals surface area contributed by atoms with E-state index in [1.165, 1.54) is 6.42 Å². The van der Waals surface area contributed by atoms with Crippen LogP contribution < -0.4 is 4.74 Å². The maximum Gasteiger partial charge on any atom is 0.415 e. The van der Waals surface area contributed by atoms with Crippen molar-refractivity contribution in [2.75, 3.05) is 13.1 Å². The number of amides is 1. The Kier molecular flexibility index (Phi) is 4.31. The minimum atomic E-state index is -0.329. The highest BCUT2D eigenvalue weighted by molar-refractivity contribution is 9.10. The fraction of sp³-hybridized carbons (Fsp3) is 0.333. The van der Waals surface area contributed by atoms with E-state index >= 15 is 0 Å². The molecule has 1 fully saturated rings. The summed E-state index contributed by atoms with van der Waals surface area (Å²) in [4.78, 5) is 18.3. The van der Waals surface area contributed by atoms with E-state index in [0.29, 0.717) is 20.8 Å². The molecule has 0 bridgehead atoms. The van der Waals surface area contributed by atoms with Gasteiger partial charge in [-0.05, 0) is 53.4 Å². The fourth-order valence-electron chi connectivity index (χ4n) is 2.47. The summed E-state index contributed by atoms with van der Waals surface area (Å²) in [5.74, 6) is 0.422. The van der Waals surface area contributed by atoms with Gasteiger partial charge in [0.05, 0.1) is 9.50 Å². The number of carbonyl (C=O) groups excluding carboxylic acids is 1. The summed E-state index contributed by atoms with van der Waals surface area (Å²) in [6.45, 7) is 1.49. The van der Waals surface area contributed by atoms with Crippen LogP contribution in [0.4, 0.5) is 4.79 Å². The lowest BCUT2D eigenvalue weighted by atomic mass is 10.1. The number of benzene rings is 1. The van der Waals surface area contributed by atoms with Crippen LogP contribution in [0.5, 0.6) is 5.75 Å². The Bertz CT molecular complexity index is 687. The van der Waals surface area contributed by atoms with Gasteiger partial charge in [-0.15, -0.1) is 0 Å². The van der Waals surface area contributed by atoms with E-state index in [1.54, 1.807) is 23.2 Å². The van der Waals surface area contributed by atoms with Crippen molar-refractivity contribution in [1.29, 1.82) is 0 Å². The molecular formula is C15H14BrClN2O2. The molecule has 1 aliphatic rings. The Hall–Kier alpha value is -1.33. The SMILES string of the molecule is O=C(Oc1c(Br)cc(Cl)c2cccnc12)N1CCCCC1. The summed E-state index contributed by atoms with van der Waals surface area (Å²) in [6, 6.07) is 5.39.